The van der Waals surface area contributed by atoms with E-state index in [0.717, 1.165) is 22.0 Å². The highest BCUT2D eigenvalue weighted by Crippen LogP contribution is 2.24. The summed E-state index contributed by atoms with van der Waals surface area (Å²) in [5.74, 6) is -4.41. The van der Waals surface area contributed by atoms with E-state index in [-0.39, 0.29) is 51.9 Å². The minimum absolute atomic E-state index is 0.0187. The van der Waals surface area contributed by atoms with Crippen molar-refractivity contribution in [3.05, 3.63) is 216 Å². The van der Waals surface area contributed by atoms with Gasteiger partial charge in [0.2, 0.25) is 29.5 Å². The van der Waals surface area contributed by atoms with Gasteiger partial charge in [-0.25, -0.2) is 14.4 Å². The first-order valence-electron chi connectivity index (χ1n) is 31.5. The van der Waals surface area contributed by atoms with Crippen LogP contribution in [0.15, 0.2) is 182 Å². The predicted octanol–water partition coefficient (Wildman–Crippen LogP) is 9.66. The second kappa shape index (κ2) is 34.6. The van der Waals surface area contributed by atoms with Crippen LogP contribution in [0.2, 0.25) is 0 Å². The Labute approximate surface area is 544 Å². The van der Waals surface area contributed by atoms with Crippen molar-refractivity contribution in [1.29, 1.82) is 0 Å². The summed E-state index contributed by atoms with van der Waals surface area (Å²) in [7, 11) is 0. The summed E-state index contributed by atoms with van der Waals surface area (Å²) in [6, 6.07) is 45.3. The van der Waals surface area contributed by atoms with E-state index in [1.165, 1.54) is 4.90 Å². The SMILES string of the molecule is C[C@H](c1ccccc1)N(CC(=O)N[C@@H](Cc1ccccc1)C(=O)OCc1ccccc1)C(=O)[C@H](Cc1ccccc1)NC(=O)[C@@H](NC(=O)[C@H](CCCCNC(=O)OC(C)(C)C)NC(=O)[C@@H](Cc1c[nH]c2ccccc12)NC(=O)OCc1ccccc1)[C@@H](C)OC(C)(C)C. The third-order valence-electron chi connectivity index (χ3n) is 15.1. The number of carbonyl (C=O) groups excluding carboxylic acids is 8. The zero-order valence-corrected chi connectivity index (χ0v) is 54.3. The number of hydrogen-bond acceptors (Lipinski definition) is 12. The highest BCUT2D eigenvalue weighted by Gasteiger charge is 2.39. The molecule has 7 atom stereocenters. The fourth-order valence-corrected chi connectivity index (χ4v) is 10.5. The molecule has 1 aromatic heterocycles. The van der Waals surface area contributed by atoms with E-state index >= 15 is 14.4 Å². The molecular formula is C73H88N8O12. The van der Waals surface area contributed by atoms with Crippen LogP contribution in [-0.4, -0.2) is 118 Å². The van der Waals surface area contributed by atoms with E-state index in [4.69, 9.17) is 18.9 Å². The van der Waals surface area contributed by atoms with Crippen molar-refractivity contribution in [1.82, 2.24) is 41.8 Å². The molecule has 0 aliphatic carbocycles. The molecule has 0 aliphatic heterocycles. The Kier molecular flexibility index (Phi) is 26.2. The van der Waals surface area contributed by atoms with E-state index in [2.05, 4.69) is 36.9 Å². The summed E-state index contributed by atoms with van der Waals surface area (Å²) < 4.78 is 23.2. The van der Waals surface area contributed by atoms with Gasteiger partial charge in [-0.05, 0) is 114 Å². The van der Waals surface area contributed by atoms with Gasteiger partial charge in [0, 0.05) is 42.9 Å². The molecule has 7 N–H and O–H groups in total. The number of aromatic nitrogens is 1. The largest absolute Gasteiger partial charge is 0.459 e. The molecule has 0 bridgehead atoms. The molecule has 0 saturated heterocycles. The van der Waals surface area contributed by atoms with Crippen LogP contribution < -0.4 is 31.9 Å². The Morgan fingerprint density at radius 2 is 1.01 bits per heavy atom. The Balaban J connectivity index is 1.19. The molecular weight excluding hydrogens is 1180 g/mol. The summed E-state index contributed by atoms with van der Waals surface area (Å²) in [6.07, 6.45) is -0.304. The van der Waals surface area contributed by atoms with Crippen molar-refractivity contribution in [3.8, 4) is 0 Å². The van der Waals surface area contributed by atoms with Gasteiger partial charge in [-0.15, -0.1) is 0 Å². The second-order valence-electron chi connectivity index (χ2n) is 24.9. The van der Waals surface area contributed by atoms with Gasteiger partial charge in [0.15, 0.2) is 0 Å². The van der Waals surface area contributed by atoms with Crippen LogP contribution in [0, 0.1) is 0 Å². The number of amides is 7. The molecule has 7 aromatic rings. The van der Waals surface area contributed by atoms with Gasteiger partial charge < -0.3 is 60.7 Å². The number of alkyl carbamates (subject to hydrolysis) is 2. The van der Waals surface area contributed by atoms with Gasteiger partial charge in [0.1, 0.15) is 55.6 Å². The van der Waals surface area contributed by atoms with Crippen molar-refractivity contribution >= 4 is 58.6 Å². The lowest BCUT2D eigenvalue weighted by atomic mass is 10.0. The molecule has 0 spiro atoms. The van der Waals surface area contributed by atoms with Gasteiger partial charge in [-0.2, -0.15) is 0 Å². The quantitative estimate of drug-likeness (QED) is 0.0122. The van der Waals surface area contributed by atoms with E-state index in [0.29, 0.717) is 28.7 Å². The minimum Gasteiger partial charge on any atom is -0.459 e. The molecule has 7 amide bonds. The van der Waals surface area contributed by atoms with Crippen LogP contribution in [0.25, 0.3) is 10.9 Å². The molecule has 6 aromatic carbocycles. The molecule has 0 radical (unpaired) electrons. The number of ether oxygens (including phenoxy) is 4. The average Bonchev–Trinajstić information content (AvgIpc) is 2.00. The zero-order chi connectivity index (χ0) is 66.9. The highest BCUT2D eigenvalue weighted by molar-refractivity contribution is 5.97. The van der Waals surface area contributed by atoms with E-state index in [1.807, 2.05) is 115 Å². The molecule has 7 rings (SSSR count). The lowest BCUT2D eigenvalue weighted by Gasteiger charge is -2.35. The van der Waals surface area contributed by atoms with Crippen molar-refractivity contribution in [2.45, 2.75) is 161 Å². The molecule has 93 heavy (non-hydrogen) atoms. The van der Waals surface area contributed by atoms with E-state index in [9.17, 15) is 24.0 Å². The first-order chi connectivity index (χ1) is 44.5. The first-order valence-corrected chi connectivity index (χ1v) is 31.5. The summed E-state index contributed by atoms with van der Waals surface area (Å²) in [6.45, 7) is 13.4. The Morgan fingerprint density at radius 3 is 1.59 bits per heavy atom. The normalized spacial score (nSPS) is 13.7. The Morgan fingerprint density at radius 1 is 0.495 bits per heavy atom. The fraction of sp³-hybridized carbons (Fsp3) is 0.370. The third kappa shape index (κ3) is 23.4. The number of hydrogen-bond donors (Lipinski definition) is 7. The van der Waals surface area contributed by atoms with Crippen LogP contribution in [0.5, 0.6) is 0 Å². The molecule has 0 fully saturated rings. The number of carbonyl (C=O) groups is 8. The Hall–Kier alpha value is -9.82. The number of para-hydroxylation sites is 1. The molecule has 492 valence electrons. The fourth-order valence-electron chi connectivity index (χ4n) is 10.5. The van der Waals surface area contributed by atoms with Crippen LogP contribution in [0.1, 0.15) is 114 Å². The van der Waals surface area contributed by atoms with Crippen molar-refractivity contribution < 1.29 is 57.3 Å². The molecule has 0 unspecified atom stereocenters. The maximum absolute atomic E-state index is 15.7. The maximum Gasteiger partial charge on any atom is 0.408 e. The van der Waals surface area contributed by atoms with E-state index < -0.39 is 108 Å². The average molecular weight is 1270 g/mol. The number of H-pyrrole nitrogens is 1. The molecule has 0 saturated carbocycles. The summed E-state index contributed by atoms with van der Waals surface area (Å²) >= 11 is 0. The highest BCUT2D eigenvalue weighted by atomic mass is 16.6. The maximum atomic E-state index is 15.7. The van der Waals surface area contributed by atoms with Crippen molar-refractivity contribution in [2.75, 3.05) is 13.1 Å². The van der Waals surface area contributed by atoms with Gasteiger partial charge in [0.25, 0.3) is 0 Å². The van der Waals surface area contributed by atoms with Crippen LogP contribution in [0.3, 0.4) is 0 Å². The number of unbranched alkanes of at least 4 members (excludes halogenated alkanes) is 1. The number of nitrogens with one attached hydrogen (secondary N) is 7. The third-order valence-corrected chi connectivity index (χ3v) is 15.1. The van der Waals surface area contributed by atoms with Crippen molar-refractivity contribution in [3.63, 3.8) is 0 Å². The summed E-state index contributed by atoms with van der Waals surface area (Å²) in [5.41, 5.74) is 3.39. The Bertz CT molecular complexity index is 3540. The topological polar surface area (TPSA) is 265 Å². The number of fused-ring (bicyclic) bond motifs is 1. The molecule has 1 heterocycles. The summed E-state index contributed by atoms with van der Waals surface area (Å²) in [5, 5.41) is 17.8. The van der Waals surface area contributed by atoms with Gasteiger partial charge in [-0.3, -0.25) is 24.0 Å². The first kappa shape index (κ1) is 70.6. The molecule has 20 nitrogen and oxygen atoms in total. The summed E-state index contributed by atoms with van der Waals surface area (Å²) in [4.78, 5) is 121. The predicted molar refractivity (Wildman–Crippen MR) is 355 cm³/mol. The van der Waals surface area contributed by atoms with Crippen LogP contribution in [-0.2, 0) is 80.2 Å². The number of aromatic amines is 1. The van der Waals surface area contributed by atoms with Crippen LogP contribution in [0.4, 0.5) is 9.59 Å². The number of benzene rings is 6. The molecule has 20 heteroatoms. The van der Waals surface area contributed by atoms with Gasteiger partial charge in [0.05, 0.1) is 17.7 Å². The number of esters is 1. The number of nitrogens with zero attached hydrogens (tertiary/aromatic N) is 1. The monoisotopic (exact) mass is 1270 g/mol. The van der Waals surface area contributed by atoms with Crippen LogP contribution >= 0.6 is 0 Å². The van der Waals surface area contributed by atoms with E-state index in [1.54, 1.807) is 122 Å². The molecule has 0 aliphatic rings. The number of rotatable bonds is 31. The van der Waals surface area contributed by atoms with Crippen molar-refractivity contribution in [2.24, 2.45) is 0 Å². The zero-order valence-electron chi connectivity index (χ0n) is 54.3. The minimum atomic E-state index is -1.53. The lowest BCUT2D eigenvalue weighted by Crippen LogP contribution is -2.62. The lowest BCUT2D eigenvalue weighted by molar-refractivity contribution is -0.150. The standard InChI is InChI=1S/C73H88N8O12/c1-49(55-36-22-13-23-37-55)81(46-63(82)76-62(43-52-30-16-10-17-31-52)69(87)90-47-53-32-18-11-19-33-53)68(86)61(42-51-28-14-9-15-29-51)78-67(85)64(50(2)92-72(3,4)5)80-65(83)59(40-26-27-41-74-70(88)93-73(6,7)8)77-66(84)60(44-56-45-75-58-39-25-24-38-57(56)58)79-71(89)91-48-54-34-20-12-21-35-54/h9-25,28-39,45,49-50,59-62,64,75H,26-27,40-44,46-48H2,1-8H3,(H,74,88)(H,76,82)(H,77,84)(H,78,85)(H,79,89)(H,80,83)/t49-,50-,59+,60-,61+,62+,64+/m1/s1. The smallest absolute Gasteiger partial charge is 0.408 e. The van der Waals surface area contributed by atoms with Gasteiger partial charge >= 0.3 is 18.2 Å². The second-order valence-corrected chi connectivity index (χ2v) is 24.9. The van der Waals surface area contributed by atoms with Gasteiger partial charge in [-0.1, -0.05) is 170 Å².